The number of ether oxygens (including phenoxy) is 2. The van der Waals surface area contributed by atoms with Gasteiger partial charge >= 0.3 is 6.18 Å². The molecule has 4 aliphatic rings. The maximum atomic E-state index is 13.8. The van der Waals surface area contributed by atoms with E-state index >= 15 is 0 Å². The number of rotatable bonds is 9. The summed E-state index contributed by atoms with van der Waals surface area (Å²) in [5, 5.41) is 23.2. The second-order valence-corrected chi connectivity index (χ2v) is 11.2. The molecule has 1 aromatic rings. The summed E-state index contributed by atoms with van der Waals surface area (Å²) in [6.07, 6.45) is -2.08. The van der Waals surface area contributed by atoms with Crippen LogP contribution in [0.3, 0.4) is 0 Å². The van der Waals surface area contributed by atoms with Gasteiger partial charge in [-0.25, -0.2) is 0 Å². The van der Waals surface area contributed by atoms with Crippen molar-refractivity contribution in [1.82, 2.24) is 10.2 Å². The molecule has 218 valence electrons. The van der Waals surface area contributed by atoms with Gasteiger partial charge in [0, 0.05) is 29.7 Å². The number of methoxy groups -OCH3 is 1. The van der Waals surface area contributed by atoms with Gasteiger partial charge in [-0.15, -0.1) is 0 Å². The van der Waals surface area contributed by atoms with Crippen molar-refractivity contribution in [2.45, 2.75) is 62.4 Å². The molecule has 2 saturated carbocycles. The van der Waals surface area contributed by atoms with E-state index in [0.717, 1.165) is 25.7 Å². The first kappa shape index (κ1) is 28.4. The van der Waals surface area contributed by atoms with Crippen LogP contribution in [0.2, 0.25) is 0 Å². The summed E-state index contributed by atoms with van der Waals surface area (Å²) in [5.74, 6) is -1.28. The van der Waals surface area contributed by atoms with Gasteiger partial charge in [-0.2, -0.15) is 13.2 Å². The summed E-state index contributed by atoms with van der Waals surface area (Å²) in [5.41, 5.74) is 0.536. The van der Waals surface area contributed by atoms with Crippen LogP contribution >= 0.6 is 0 Å². The van der Waals surface area contributed by atoms with Crippen molar-refractivity contribution in [3.63, 3.8) is 0 Å². The Morgan fingerprint density at radius 2 is 2.02 bits per heavy atom. The van der Waals surface area contributed by atoms with Crippen molar-refractivity contribution in [2.75, 3.05) is 26.8 Å². The van der Waals surface area contributed by atoms with Crippen molar-refractivity contribution in [2.24, 2.45) is 17.8 Å². The van der Waals surface area contributed by atoms with E-state index in [0.29, 0.717) is 28.6 Å². The zero-order valence-electron chi connectivity index (χ0n) is 22.0. The Labute approximate surface area is 229 Å². The van der Waals surface area contributed by atoms with Gasteiger partial charge in [0.25, 0.3) is 0 Å². The minimum absolute atomic E-state index is 0.00947. The lowest BCUT2D eigenvalue weighted by Crippen LogP contribution is -2.57. The van der Waals surface area contributed by atoms with Gasteiger partial charge in [0.2, 0.25) is 11.8 Å². The summed E-state index contributed by atoms with van der Waals surface area (Å²) in [7, 11) is 1.35. The molecule has 1 heterocycles. The molecule has 2 bridgehead atoms. The van der Waals surface area contributed by atoms with Crippen LogP contribution in [0.1, 0.15) is 53.9 Å². The van der Waals surface area contributed by atoms with Gasteiger partial charge in [0.15, 0.2) is 11.5 Å². The van der Waals surface area contributed by atoms with Crippen LogP contribution in [0.4, 0.5) is 13.2 Å². The molecule has 40 heavy (non-hydrogen) atoms. The summed E-state index contributed by atoms with van der Waals surface area (Å²) in [6, 6.07) is 1.38. The van der Waals surface area contributed by atoms with E-state index in [9.17, 15) is 37.8 Å². The van der Waals surface area contributed by atoms with Crippen molar-refractivity contribution >= 4 is 18.1 Å². The van der Waals surface area contributed by atoms with E-state index < -0.39 is 48.7 Å². The first-order valence-corrected chi connectivity index (χ1v) is 13.5. The molecule has 7 unspecified atom stereocenters. The molecule has 0 saturated heterocycles. The topological polar surface area (TPSA) is 125 Å². The number of benzene rings is 1. The Kier molecular flexibility index (Phi) is 7.84. The zero-order chi connectivity index (χ0) is 28.8. The fourth-order valence-electron chi connectivity index (χ4n) is 7.08. The maximum Gasteiger partial charge on any atom is 0.406 e. The Morgan fingerprint density at radius 1 is 1.25 bits per heavy atom. The number of fused-ring (bicyclic) bond motifs is 5. The Hall–Kier alpha value is -3.12. The number of aldehydes is 1. The van der Waals surface area contributed by atoms with E-state index in [4.69, 9.17) is 9.47 Å². The third kappa shape index (κ3) is 5.30. The van der Waals surface area contributed by atoms with E-state index in [1.54, 1.807) is 0 Å². The molecule has 5 rings (SSSR count). The number of hydrogen-bond donors (Lipinski definition) is 3. The predicted octanol–water partition coefficient (Wildman–Crippen LogP) is 2.35. The second-order valence-electron chi connectivity index (χ2n) is 11.2. The number of nitrogens with zero attached hydrogens (tertiary/aromatic N) is 1. The van der Waals surface area contributed by atoms with E-state index in [1.165, 1.54) is 25.3 Å². The fraction of sp³-hybridized carbons (Fsp3) is 0.607. The van der Waals surface area contributed by atoms with Crippen molar-refractivity contribution in [3.8, 4) is 11.5 Å². The van der Waals surface area contributed by atoms with E-state index in [-0.39, 0.29) is 48.1 Å². The molecule has 1 aromatic carbocycles. The van der Waals surface area contributed by atoms with Crippen LogP contribution in [0.5, 0.6) is 11.5 Å². The first-order chi connectivity index (χ1) is 19.0. The average Bonchev–Trinajstić information content (AvgIpc) is 3.64. The van der Waals surface area contributed by atoms with Crippen LogP contribution < -0.4 is 14.8 Å². The molecule has 0 spiro atoms. The minimum atomic E-state index is -4.75. The number of aliphatic hydroxyl groups is 2. The molecule has 0 aromatic heterocycles. The zero-order valence-corrected chi connectivity index (χ0v) is 22.0. The summed E-state index contributed by atoms with van der Waals surface area (Å²) < 4.78 is 52.8. The number of alkyl halides is 3. The molecule has 2 amide bonds. The fourth-order valence-corrected chi connectivity index (χ4v) is 7.08. The van der Waals surface area contributed by atoms with Crippen molar-refractivity contribution < 1.29 is 47.2 Å². The standard InChI is InChI=1S/C28H33F3N2O7/c1-39-21-9-15(12-35)8-18-23-19(27(38)32-4-5-34)11-20(24(37)26(23)40-25(18)21)33(13-28(29,30)31)22(36)10-17-7-14-2-3-16(17)6-14/h8-9,11-12,14,16-17,20,23-24,26,34,37H,2-7,10,13H2,1H3,(H,32,38). The quantitative estimate of drug-likeness (QED) is 0.392. The molecular formula is C28H33F3N2O7. The highest BCUT2D eigenvalue weighted by Gasteiger charge is 2.53. The lowest BCUT2D eigenvalue weighted by Gasteiger charge is -2.41. The molecule has 7 atom stereocenters. The van der Waals surface area contributed by atoms with Gasteiger partial charge in [-0.1, -0.05) is 6.42 Å². The molecule has 12 heteroatoms. The highest BCUT2D eigenvalue weighted by molar-refractivity contribution is 5.96. The van der Waals surface area contributed by atoms with E-state index in [1.807, 2.05) is 0 Å². The Balaban J connectivity index is 1.54. The molecular weight excluding hydrogens is 533 g/mol. The second kappa shape index (κ2) is 11.0. The largest absolute Gasteiger partial charge is 0.493 e. The SMILES string of the molecule is COc1cc(C=O)cc2c1OC1C2C(C(=O)NCCO)=CC(N(CC(F)(F)F)C(=O)CC2CC3CCC2C3)C1O. The summed E-state index contributed by atoms with van der Waals surface area (Å²) >= 11 is 0. The average molecular weight is 567 g/mol. The normalized spacial score (nSPS) is 30.1. The van der Waals surface area contributed by atoms with Gasteiger partial charge < -0.3 is 29.9 Å². The van der Waals surface area contributed by atoms with Crippen molar-refractivity contribution in [1.29, 1.82) is 0 Å². The monoisotopic (exact) mass is 566 g/mol. The molecule has 3 aliphatic carbocycles. The molecule has 3 N–H and O–H groups in total. The van der Waals surface area contributed by atoms with E-state index in [2.05, 4.69) is 5.32 Å². The molecule has 2 fully saturated rings. The van der Waals surface area contributed by atoms with Crippen LogP contribution in [0.15, 0.2) is 23.8 Å². The smallest absolute Gasteiger partial charge is 0.406 e. The molecule has 9 nitrogen and oxygen atoms in total. The first-order valence-electron chi connectivity index (χ1n) is 13.5. The third-order valence-corrected chi connectivity index (χ3v) is 8.76. The highest BCUT2D eigenvalue weighted by Crippen LogP contribution is 2.52. The summed E-state index contributed by atoms with van der Waals surface area (Å²) in [4.78, 5) is 38.9. The predicted molar refractivity (Wildman–Crippen MR) is 135 cm³/mol. The molecule has 0 radical (unpaired) electrons. The van der Waals surface area contributed by atoms with Gasteiger partial charge in [-0.3, -0.25) is 14.4 Å². The number of nitrogens with one attached hydrogen (secondary N) is 1. The Morgan fingerprint density at radius 3 is 2.62 bits per heavy atom. The minimum Gasteiger partial charge on any atom is -0.493 e. The van der Waals surface area contributed by atoms with Crippen LogP contribution in [-0.4, -0.2) is 84.4 Å². The Bertz CT molecular complexity index is 1200. The number of hydrogen-bond acceptors (Lipinski definition) is 7. The van der Waals surface area contributed by atoms with Crippen LogP contribution in [0.25, 0.3) is 0 Å². The molecule has 1 aliphatic heterocycles. The maximum absolute atomic E-state index is 13.8. The lowest BCUT2D eigenvalue weighted by molar-refractivity contribution is -0.171. The number of amides is 2. The number of halogens is 3. The third-order valence-electron chi connectivity index (χ3n) is 8.76. The number of carbonyl (C=O) groups excluding carboxylic acids is 3. The highest BCUT2D eigenvalue weighted by atomic mass is 19.4. The van der Waals surface area contributed by atoms with Gasteiger partial charge in [-0.05, 0) is 55.2 Å². The van der Waals surface area contributed by atoms with Gasteiger partial charge in [0.1, 0.15) is 25.0 Å². The van der Waals surface area contributed by atoms with Crippen LogP contribution in [-0.2, 0) is 9.59 Å². The van der Waals surface area contributed by atoms with Gasteiger partial charge in [0.05, 0.1) is 25.7 Å². The lowest BCUT2D eigenvalue weighted by atomic mass is 9.77. The van der Waals surface area contributed by atoms with Crippen LogP contribution in [0, 0.1) is 17.8 Å². The van der Waals surface area contributed by atoms with Crippen molar-refractivity contribution in [3.05, 3.63) is 34.9 Å². The summed E-state index contributed by atoms with van der Waals surface area (Å²) in [6.45, 7) is -2.10. The number of aliphatic hydroxyl groups excluding tert-OH is 2. The number of carbonyl (C=O) groups is 3.